The van der Waals surface area contributed by atoms with E-state index < -0.39 is 17.8 Å². The van der Waals surface area contributed by atoms with Crippen LogP contribution in [0.4, 0.5) is 35.0 Å². The van der Waals surface area contributed by atoms with Gasteiger partial charge in [0.2, 0.25) is 5.88 Å². The quantitative estimate of drug-likeness (QED) is 0.182. The molecule has 2 aromatic heterocycles. The van der Waals surface area contributed by atoms with Gasteiger partial charge < -0.3 is 25.2 Å². The Bertz CT molecular complexity index is 1920. The summed E-state index contributed by atoms with van der Waals surface area (Å²) in [5, 5.41) is 6.83. The minimum atomic E-state index is -4.57. The standard InChI is InChI=1S/C34H33F3N8O2/c1-4-30-39-20-40-31(43-30)25-10-7-16-38-32(25)47-29-14-12-26(23-8-5-6-9-24(23)29)41-33(46)42-27-18-21(34(35,36)37)11-13-28(27)45(3)22-15-17-44(2)19-22/h5-14,16,18,20,22H,4,15,17,19H2,1-3H3,(H2,41,42,46)/t22-/m0/s1. The minimum absolute atomic E-state index is 0.0610. The molecule has 0 aliphatic carbocycles. The Morgan fingerprint density at radius 2 is 1.79 bits per heavy atom. The van der Waals surface area contributed by atoms with Crippen molar-refractivity contribution in [3.63, 3.8) is 0 Å². The molecule has 1 fully saturated rings. The lowest BCUT2D eigenvalue weighted by Crippen LogP contribution is -2.34. The maximum atomic E-state index is 13.7. The van der Waals surface area contributed by atoms with E-state index >= 15 is 0 Å². The molecule has 242 valence electrons. The number of hydrogen-bond acceptors (Lipinski definition) is 8. The van der Waals surface area contributed by atoms with Crippen molar-refractivity contribution >= 4 is 33.9 Å². The van der Waals surface area contributed by atoms with E-state index in [0.717, 1.165) is 31.6 Å². The minimum Gasteiger partial charge on any atom is -0.438 e. The number of anilines is 3. The number of urea groups is 1. The first-order chi connectivity index (χ1) is 22.6. The molecule has 1 atom stereocenters. The van der Waals surface area contributed by atoms with E-state index in [1.165, 1.54) is 12.4 Å². The Morgan fingerprint density at radius 1 is 1.00 bits per heavy atom. The van der Waals surface area contributed by atoms with E-state index in [0.29, 0.717) is 57.4 Å². The number of carbonyl (C=O) groups is 1. The van der Waals surface area contributed by atoms with Crippen molar-refractivity contribution in [2.45, 2.75) is 32.0 Å². The lowest BCUT2D eigenvalue weighted by atomic mass is 10.1. The molecule has 1 aliphatic heterocycles. The van der Waals surface area contributed by atoms with Crippen LogP contribution in [0, 0.1) is 0 Å². The lowest BCUT2D eigenvalue weighted by molar-refractivity contribution is -0.137. The van der Waals surface area contributed by atoms with Crippen molar-refractivity contribution in [3.8, 4) is 23.0 Å². The van der Waals surface area contributed by atoms with Crippen molar-refractivity contribution in [2.24, 2.45) is 0 Å². The van der Waals surface area contributed by atoms with Gasteiger partial charge in [0.25, 0.3) is 0 Å². The van der Waals surface area contributed by atoms with Crippen molar-refractivity contribution in [2.75, 3.05) is 42.7 Å². The van der Waals surface area contributed by atoms with Gasteiger partial charge in [-0.05, 0) is 62.5 Å². The van der Waals surface area contributed by atoms with Crippen molar-refractivity contribution < 1.29 is 22.7 Å². The van der Waals surface area contributed by atoms with E-state index in [9.17, 15) is 18.0 Å². The van der Waals surface area contributed by atoms with Gasteiger partial charge in [0, 0.05) is 43.0 Å². The third-order valence-corrected chi connectivity index (χ3v) is 8.16. The molecule has 5 aromatic rings. The van der Waals surface area contributed by atoms with Gasteiger partial charge in [-0.3, -0.25) is 0 Å². The van der Waals surface area contributed by atoms with E-state index in [4.69, 9.17) is 4.74 Å². The molecule has 1 saturated heterocycles. The van der Waals surface area contributed by atoms with Gasteiger partial charge >= 0.3 is 12.2 Å². The summed E-state index contributed by atoms with van der Waals surface area (Å²) in [6, 6.07) is 17.1. The number of likely N-dealkylation sites (N-methyl/N-ethyl adjacent to an activating group) is 2. The number of amides is 2. The third kappa shape index (κ3) is 6.94. The average Bonchev–Trinajstić information content (AvgIpc) is 3.51. The number of hydrogen-bond donors (Lipinski definition) is 2. The zero-order valence-electron chi connectivity index (χ0n) is 26.0. The Labute approximate surface area is 269 Å². The first-order valence-electron chi connectivity index (χ1n) is 15.1. The van der Waals surface area contributed by atoms with Gasteiger partial charge in [-0.2, -0.15) is 13.2 Å². The fraction of sp³-hybridized carbons (Fsp3) is 0.265. The fourth-order valence-corrected chi connectivity index (χ4v) is 5.67. The Hall–Kier alpha value is -5.30. The highest BCUT2D eigenvalue weighted by molar-refractivity contribution is 6.08. The van der Waals surface area contributed by atoms with Crippen molar-refractivity contribution in [3.05, 3.63) is 90.6 Å². The molecule has 0 unspecified atom stereocenters. The number of carbonyl (C=O) groups excluding carboxylic acids is 1. The number of alkyl halides is 3. The molecule has 1 aliphatic rings. The molecule has 0 saturated carbocycles. The second-order valence-corrected chi connectivity index (χ2v) is 11.3. The van der Waals surface area contributed by atoms with Crippen LogP contribution < -0.4 is 20.3 Å². The van der Waals surface area contributed by atoms with Crippen LogP contribution in [0.15, 0.2) is 79.3 Å². The number of fused-ring (bicyclic) bond motifs is 1. The maximum absolute atomic E-state index is 13.7. The molecular weight excluding hydrogens is 609 g/mol. The largest absolute Gasteiger partial charge is 0.438 e. The number of aromatic nitrogens is 4. The van der Waals surface area contributed by atoms with Gasteiger partial charge in [0.1, 0.15) is 17.9 Å². The normalized spacial score (nSPS) is 15.1. The number of ether oxygens (including phenoxy) is 1. The SMILES string of the molecule is CCc1ncnc(-c2cccnc2Oc2ccc(NC(=O)Nc3cc(C(F)(F)F)ccc3N(C)[C@H]3CCN(C)C3)c3ccccc23)n1. The smallest absolute Gasteiger partial charge is 0.416 e. The number of likely N-dealkylation sites (tertiary alicyclic amines) is 1. The Morgan fingerprint density at radius 3 is 2.53 bits per heavy atom. The summed E-state index contributed by atoms with van der Waals surface area (Å²) < 4.78 is 47.4. The van der Waals surface area contributed by atoms with E-state index in [2.05, 4.69) is 35.5 Å². The van der Waals surface area contributed by atoms with Gasteiger partial charge in [-0.25, -0.2) is 24.7 Å². The number of benzene rings is 3. The predicted molar refractivity (Wildman–Crippen MR) is 175 cm³/mol. The second kappa shape index (κ2) is 13.2. The molecule has 3 heterocycles. The van der Waals surface area contributed by atoms with Crippen LogP contribution in [0.1, 0.15) is 24.7 Å². The summed E-state index contributed by atoms with van der Waals surface area (Å²) in [6.45, 7) is 3.59. The second-order valence-electron chi connectivity index (χ2n) is 11.3. The number of rotatable bonds is 8. The van der Waals surface area contributed by atoms with Gasteiger partial charge in [-0.1, -0.05) is 31.2 Å². The van der Waals surface area contributed by atoms with Crippen LogP contribution >= 0.6 is 0 Å². The summed E-state index contributed by atoms with van der Waals surface area (Å²) in [4.78, 5) is 34.9. The monoisotopic (exact) mass is 642 g/mol. The van der Waals surface area contributed by atoms with Crippen LogP contribution in [0.2, 0.25) is 0 Å². The number of nitrogens with zero attached hydrogens (tertiary/aromatic N) is 6. The van der Waals surface area contributed by atoms with E-state index in [1.807, 2.05) is 56.3 Å². The van der Waals surface area contributed by atoms with E-state index in [-0.39, 0.29) is 11.7 Å². The number of pyridine rings is 1. The highest BCUT2D eigenvalue weighted by Crippen LogP contribution is 2.38. The van der Waals surface area contributed by atoms with Crippen LogP contribution in [0.3, 0.4) is 0 Å². The fourth-order valence-electron chi connectivity index (χ4n) is 5.67. The summed E-state index contributed by atoms with van der Waals surface area (Å²) in [5.74, 6) is 1.83. The molecule has 3 aromatic carbocycles. The summed E-state index contributed by atoms with van der Waals surface area (Å²) in [6.07, 6.45) is -0.0168. The number of halogens is 3. The Kier molecular flexibility index (Phi) is 8.90. The molecule has 2 N–H and O–H groups in total. The van der Waals surface area contributed by atoms with Gasteiger partial charge in [0.15, 0.2) is 5.82 Å². The number of aryl methyl sites for hydroxylation is 1. The third-order valence-electron chi connectivity index (χ3n) is 8.16. The molecule has 6 rings (SSSR count). The molecule has 2 amide bonds. The number of nitrogens with one attached hydrogen (secondary N) is 2. The zero-order chi connectivity index (χ0) is 33.1. The first kappa shape index (κ1) is 31.7. The summed E-state index contributed by atoms with van der Waals surface area (Å²) in [5.41, 5.74) is 0.734. The molecule has 0 bridgehead atoms. The predicted octanol–water partition coefficient (Wildman–Crippen LogP) is 7.24. The molecular formula is C34H33F3N8O2. The van der Waals surface area contributed by atoms with E-state index in [1.54, 1.807) is 24.4 Å². The van der Waals surface area contributed by atoms with Crippen LogP contribution in [0.5, 0.6) is 11.6 Å². The van der Waals surface area contributed by atoms with Crippen molar-refractivity contribution in [1.29, 1.82) is 0 Å². The zero-order valence-corrected chi connectivity index (χ0v) is 26.0. The first-order valence-corrected chi connectivity index (χ1v) is 15.1. The highest BCUT2D eigenvalue weighted by Gasteiger charge is 2.32. The highest BCUT2D eigenvalue weighted by atomic mass is 19.4. The molecule has 0 spiro atoms. The summed E-state index contributed by atoms with van der Waals surface area (Å²) >= 11 is 0. The van der Waals surface area contributed by atoms with Crippen LogP contribution in [-0.4, -0.2) is 64.1 Å². The molecule has 13 heteroatoms. The summed E-state index contributed by atoms with van der Waals surface area (Å²) in [7, 11) is 3.83. The maximum Gasteiger partial charge on any atom is 0.416 e. The lowest BCUT2D eigenvalue weighted by Gasteiger charge is -2.29. The van der Waals surface area contributed by atoms with Crippen molar-refractivity contribution in [1.82, 2.24) is 24.8 Å². The van der Waals surface area contributed by atoms with Gasteiger partial charge in [-0.15, -0.1) is 0 Å². The van der Waals surface area contributed by atoms with Gasteiger partial charge in [0.05, 0.1) is 28.2 Å². The Balaban J connectivity index is 1.28. The topological polar surface area (TPSA) is 108 Å². The molecule has 0 radical (unpaired) electrons. The molecule has 47 heavy (non-hydrogen) atoms. The van der Waals surface area contributed by atoms with Crippen LogP contribution in [0.25, 0.3) is 22.2 Å². The van der Waals surface area contributed by atoms with Crippen LogP contribution in [-0.2, 0) is 12.6 Å². The molecule has 10 nitrogen and oxygen atoms in total. The average molecular weight is 643 g/mol.